The first-order chi connectivity index (χ1) is 11.0. The summed E-state index contributed by atoms with van der Waals surface area (Å²) in [6, 6.07) is 7.09. The van der Waals surface area contributed by atoms with Crippen molar-refractivity contribution in [1.29, 1.82) is 0 Å². The average molecular weight is 338 g/mol. The summed E-state index contributed by atoms with van der Waals surface area (Å²) in [5.74, 6) is -0.203. The van der Waals surface area contributed by atoms with Gasteiger partial charge in [-0.05, 0) is 30.7 Å². The fourth-order valence-electron chi connectivity index (χ4n) is 1.87. The van der Waals surface area contributed by atoms with Gasteiger partial charge in [-0.1, -0.05) is 16.8 Å². The fraction of sp³-hybridized carbons (Fsp3) is 0.333. The number of nitrogens with zero attached hydrogens (tertiary/aromatic N) is 2. The molecular formula is C15H16ClN3O4. The quantitative estimate of drug-likeness (QED) is 0.765. The minimum absolute atomic E-state index is 0.0835. The summed E-state index contributed by atoms with van der Waals surface area (Å²) >= 11 is 5.82. The molecule has 0 bridgehead atoms. The van der Waals surface area contributed by atoms with E-state index in [9.17, 15) is 9.59 Å². The SMILES string of the molecule is O=C(O)CCNC(=O)CCCc1nc(-c2ccc(Cl)cc2)no1. The fourth-order valence-corrected chi connectivity index (χ4v) is 2.00. The molecular weight excluding hydrogens is 322 g/mol. The van der Waals surface area contributed by atoms with E-state index in [0.29, 0.717) is 29.6 Å². The first kappa shape index (κ1) is 17.0. The Balaban J connectivity index is 1.75. The van der Waals surface area contributed by atoms with Crippen molar-refractivity contribution in [1.82, 2.24) is 15.5 Å². The second-order valence-electron chi connectivity index (χ2n) is 4.87. The van der Waals surface area contributed by atoms with Crippen LogP contribution in [0.4, 0.5) is 0 Å². The molecule has 1 amide bonds. The number of hydrogen-bond donors (Lipinski definition) is 2. The zero-order chi connectivity index (χ0) is 16.7. The highest BCUT2D eigenvalue weighted by Crippen LogP contribution is 2.19. The molecule has 0 aliphatic heterocycles. The molecule has 0 aliphatic carbocycles. The van der Waals surface area contributed by atoms with Crippen LogP contribution in [-0.2, 0) is 16.0 Å². The van der Waals surface area contributed by atoms with E-state index in [4.69, 9.17) is 21.2 Å². The molecule has 2 rings (SSSR count). The maximum Gasteiger partial charge on any atom is 0.305 e. The third-order valence-corrected chi connectivity index (χ3v) is 3.28. The topological polar surface area (TPSA) is 105 Å². The van der Waals surface area contributed by atoms with Gasteiger partial charge in [-0.3, -0.25) is 9.59 Å². The van der Waals surface area contributed by atoms with Crippen molar-refractivity contribution in [3.8, 4) is 11.4 Å². The summed E-state index contributed by atoms with van der Waals surface area (Å²) in [5.41, 5.74) is 0.802. The number of carbonyl (C=O) groups is 2. The van der Waals surface area contributed by atoms with Crippen LogP contribution in [0.5, 0.6) is 0 Å². The number of hydrogen-bond acceptors (Lipinski definition) is 5. The predicted molar refractivity (Wildman–Crippen MR) is 82.9 cm³/mol. The van der Waals surface area contributed by atoms with Gasteiger partial charge in [0.15, 0.2) is 0 Å². The molecule has 8 heteroatoms. The molecule has 0 aliphatic rings. The van der Waals surface area contributed by atoms with Crippen LogP contribution in [0.15, 0.2) is 28.8 Å². The molecule has 0 saturated heterocycles. The van der Waals surface area contributed by atoms with Crippen LogP contribution in [0, 0.1) is 0 Å². The number of benzene rings is 1. The second kappa shape index (κ2) is 8.28. The Bertz CT molecular complexity index is 670. The number of carboxylic acids is 1. The number of rotatable bonds is 8. The van der Waals surface area contributed by atoms with Gasteiger partial charge in [-0.25, -0.2) is 0 Å². The van der Waals surface area contributed by atoms with Crippen LogP contribution >= 0.6 is 11.6 Å². The Morgan fingerprint density at radius 3 is 2.65 bits per heavy atom. The lowest BCUT2D eigenvalue weighted by Gasteiger charge is -2.01. The molecule has 0 unspecified atom stereocenters. The number of aliphatic carboxylic acids is 1. The molecule has 0 fully saturated rings. The first-order valence-electron chi connectivity index (χ1n) is 7.11. The van der Waals surface area contributed by atoms with Gasteiger partial charge in [-0.15, -0.1) is 0 Å². The molecule has 0 radical (unpaired) electrons. The molecule has 122 valence electrons. The van der Waals surface area contributed by atoms with Gasteiger partial charge in [0.25, 0.3) is 0 Å². The smallest absolute Gasteiger partial charge is 0.305 e. The summed E-state index contributed by atoms with van der Waals surface area (Å²) < 4.78 is 5.14. The predicted octanol–water partition coefficient (Wildman–Crippen LogP) is 2.30. The third kappa shape index (κ3) is 5.71. The molecule has 7 nitrogen and oxygen atoms in total. The Morgan fingerprint density at radius 2 is 1.96 bits per heavy atom. The van der Waals surface area contributed by atoms with Gasteiger partial charge in [0.2, 0.25) is 17.6 Å². The largest absolute Gasteiger partial charge is 0.481 e. The van der Waals surface area contributed by atoms with Gasteiger partial charge >= 0.3 is 5.97 Å². The lowest BCUT2D eigenvalue weighted by molar-refractivity contribution is -0.136. The van der Waals surface area contributed by atoms with Crippen molar-refractivity contribution >= 4 is 23.5 Å². The molecule has 0 atom stereocenters. The van der Waals surface area contributed by atoms with Crippen molar-refractivity contribution < 1.29 is 19.2 Å². The van der Waals surface area contributed by atoms with Crippen molar-refractivity contribution in [3.05, 3.63) is 35.2 Å². The van der Waals surface area contributed by atoms with Gasteiger partial charge in [0, 0.05) is 30.0 Å². The summed E-state index contributed by atoms with van der Waals surface area (Å²) in [7, 11) is 0. The van der Waals surface area contributed by atoms with Crippen LogP contribution < -0.4 is 5.32 Å². The molecule has 0 saturated carbocycles. The lowest BCUT2D eigenvalue weighted by Crippen LogP contribution is -2.25. The van der Waals surface area contributed by atoms with Crippen LogP contribution in [0.2, 0.25) is 5.02 Å². The Labute approximate surface area is 137 Å². The maximum absolute atomic E-state index is 11.5. The summed E-state index contributed by atoms with van der Waals surface area (Å²) in [6.07, 6.45) is 1.21. The molecule has 1 heterocycles. The molecule has 1 aromatic carbocycles. The molecule has 0 spiro atoms. The zero-order valence-electron chi connectivity index (χ0n) is 12.3. The van der Waals surface area contributed by atoms with E-state index >= 15 is 0 Å². The number of amides is 1. The Kier molecular flexibility index (Phi) is 6.10. The third-order valence-electron chi connectivity index (χ3n) is 3.03. The zero-order valence-corrected chi connectivity index (χ0v) is 13.0. The van der Waals surface area contributed by atoms with E-state index < -0.39 is 5.97 Å². The van der Waals surface area contributed by atoms with Crippen LogP contribution in [0.25, 0.3) is 11.4 Å². The van der Waals surface area contributed by atoms with Crippen LogP contribution in [0.3, 0.4) is 0 Å². The van der Waals surface area contributed by atoms with Gasteiger partial charge in [-0.2, -0.15) is 4.98 Å². The van der Waals surface area contributed by atoms with Crippen molar-refractivity contribution in [2.45, 2.75) is 25.7 Å². The first-order valence-corrected chi connectivity index (χ1v) is 7.49. The van der Waals surface area contributed by atoms with E-state index in [1.807, 2.05) is 0 Å². The van der Waals surface area contributed by atoms with Crippen molar-refractivity contribution in [2.75, 3.05) is 6.54 Å². The molecule has 2 N–H and O–H groups in total. The second-order valence-corrected chi connectivity index (χ2v) is 5.30. The monoisotopic (exact) mass is 337 g/mol. The highest BCUT2D eigenvalue weighted by Gasteiger charge is 2.09. The molecule has 1 aromatic heterocycles. The van der Waals surface area contributed by atoms with Gasteiger partial charge in [0.1, 0.15) is 0 Å². The maximum atomic E-state index is 11.5. The summed E-state index contributed by atoms with van der Waals surface area (Å²) in [4.78, 5) is 26.1. The number of nitrogens with one attached hydrogen (secondary N) is 1. The average Bonchev–Trinajstić information content (AvgIpc) is 2.96. The molecule has 2 aromatic rings. The normalized spacial score (nSPS) is 10.5. The lowest BCUT2D eigenvalue weighted by atomic mass is 10.2. The Morgan fingerprint density at radius 1 is 1.22 bits per heavy atom. The van der Waals surface area contributed by atoms with Crippen molar-refractivity contribution in [2.24, 2.45) is 0 Å². The number of aryl methyl sites for hydroxylation is 1. The molecule has 23 heavy (non-hydrogen) atoms. The minimum atomic E-state index is -0.939. The Hall–Kier alpha value is -2.41. The number of aromatic nitrogens is 2. The highest BCUT2D eigenvalue weighted by atomic mass is 35.5. The van der Waals surface area contributed by atoms with E-state index in [-0.39, 0.29) is 25.3 Å². The van der Waals surface area contributed by atoms with Crippen molar-refractivity contribution in [3.63, 3.8) is 0 Å². The van der Waals surface area contributed by atoms with E-state index in [1.54, 1.807) is 24.3 Å². The van der Waals surface area contributed by atoms with Crippen LogP contribution in [-0.4, -0.2) is 33.7 Å². The van der Waals surface area contributed by atoms with Gasteiger partial charge in [0.05, 0.1) is 6.42 Å². The number of halogens is 1. The van der Waals surface area contributed by atoms with E-state index in [0.717, 1.165) is 5.56 Å². The number of carbonyl (C=O) groups excluding carboxylic acids is 1. The number of carboxylic acid groups (broad SMARTS) is 1. The minimum Gasteiger partial charge on any atom is -0.481 e. The standard InChI is InChI=1S/C15H16ClN3O4/c16-11-6-4-10(5-7-11)15-18-13(23-19-15)3-1-2-12(20)17-9-8-14(21)22/h4-7H,1-3,8-9H2,(H,17,20)(H,21,22). The highest BCUT2D eigenvalue weighted by molar-refractivity contribution is 6.30. The van der Waals surface area contributed by atoms with E-state index in [2.05, 4.69) is 15.5 Å². The van der Waals surface area contributed by atoms with Crippen LogP contribution in [0.1, 0.15) is 25.2 Å². The summed E-state index contributed by atoms with van der Waals surface area (Å²) in [5, 5.41) is 15.5. The van der Waals surface area contributed by atoms with Gasteiger partial charge < -0.3 is 14.9 Å². The van der Waals surface area contributed by atoms with E-state index in [1.165, 1.54) is 0 Å². The summed E-state index contributed by atoms with van der Waals surface area (Å²) in [6.45, 7) is 0.134.